The number of hydrogen-bond donors (Lipinski definition) is 0. The van der Waals surface area contributed by atoms with Crippen molar-refractivity contribution in [3.8, 4) is 0 Å². The van der Waals surface area contributed by atoms with Gasteiger partial charge in [-0.25, -0.2) is 4.39 Å². The van der Waals surface area contributed by atoms with Crippen LogP contribution in [-0.4, -0.2) is 47.4 Å². The molecule has 2 atom stereocenters. The predicted octanol–water partition coefficient (Wildman–Crippen LogP) is 2.77. The highest BCUT2D eigenvalue weighted by Crippen LogP contribution is 2.29. The number of amides is 2. The van der Waals surface area contributed by atoms with Crippen LogP contribution in [0, 0.1) is 5.82 Å². The highest BCUT2D eigenvalue weighted by atomic mass is 19.1. The van der Waals surface area contributed by atoms with Crippen molar-refractivity contribution in [1.82, 2.24) is 9.80 Å². The van der Waals surface area contributed by atoms with Crippen molar-refractivity contribution < 1.29 is 18.7 Å². The molecule has 4 rings (SSSR count). The number of ether oxygens (including phenoxy) is 1. The second-order valence-corrected chi connectivity index (χ2v) is 6.99. The van der Waals surface area contributed by atoms with Gasteiger partial charge in [-0.05, 0) is 36.2 Å². The van der Waals surface area contributed by atoms with Gasteiger partial charge in [-0.3, -0.25) is 9.59 Å². The van der Waals surface area contributed by atoms with E-state index in [0.29, 0.717) is 30.8 Å². The van der Waals surface area contributed by atoms with Crippen molar-refractivity contribution in [1.29, 1.82) is 0 Å². The van der Waals surface area contributed by atoms with Crippen LogP contribution in [-0.2, 0) is 16.1 Å². The molecule has 6 heteroatoms. The Hall–Kier alpha value is -2.73. The third-order valence-electron chi connectivity index (χ3n) is 5.28. The second-order valence-electron chi connectivity index (χ2n) is 6.99. The Labute approximate surface area is 157 Å². The lowest BCUT2D eigenvalue weighted by molar-refractivity contribution is -0.146. The number of hydrogen-bond acceptors (Lipinski definition) is 3. The van der Waals surface area contributed by atoms with Crippen molar-refractivity contribution in [3.05, 3.63) is 71.0 Å². The molecule has 0 aliphatic carbocycles. The zero-order valence-electron chi connectivity index (χ0n) is 15.1. The molecule has 0 N–H and O–H groups in total. The number of carbonyl (C=O) groups is 2. The molecule has 0 unspecified atom stereocenters. The summed E-state index contributed by atoms with van der Waals surface area (Å²) in [6.45, 7) is 3.22. The first-order chi connectivity index (χ1) is 13.0. The van der Waals surface area contributed by atoms with Crippen LogP contribution in [0.4, 0.5) is 4.39 Å². The molecule has 140 valence electrons. The summed E-state index contributed by atoms with van der Waals surface area (Å²) in [6.07, 6.45) is -0.384. The van der Waals surface area contributed by atoms with Gasteiger partial charge in [-0.15, -0.1) is 0 Å². The van der Waals surface area contributed by atoms with Crippen LogP contribution in [0.15, 0.2) is 48.5 Å². The summed E-state index contributed by atoms with van der Waals surface area (Å²) in [5, 5.41) is 0. The molecule has 27 heavy (non-hydrogen) atoms. The molecule has 1 saturated heterocycles. The maximum atomic E-state index is 13.6. The van der Waals surface area contributed by atoms with Crippen LogP contribution in [0.3, 0.4) is 0 Å². The fraction of sp³-hybridized carbons (Fsp3) is 0.333. The minimum atomic E-state index is -0.384. The largest absolute Gasteiger partial charge is 0.370 e. The molecule has 0 bridgehead atoms. The molecule has 0 aromatic heterocycles. The lowest BCUT2D eigenvalue weighted by Crippen LogP contribution is -2.51. The molecule has 5 nitrogen and oxygen atoms in total. The number of morpholine rings is 1. The normalized spacial score (nSPS) is 22.1. The first kappa shape index (κ1) is 17.7. The Morgan fingerprint density at radius 2 is 2.04 bits per heavy atom. The molecule has 2 aromatic rings. The lowest BCUT2D eigenvalue weighted by atomic mass is 10.0. The zero-order chi connectivity index (χ0) is 19.0. The van der Waals surface area contributed by atoms with E-state index < -0.39 is 0 Å². The minimum Gasteiger partial charge on any atom is -0.370 e. The van der Waals surface area contributed by atoms with Gasteiger partial charge < -0.3 is 14.5 Å². The van der Waals surface area contributed by atoms with E-state index in [1.807, 2.05) is 25.1 Å². The van der Waals surface area contributed by atoms with Gasteiger partial charge in [0.1, 0.15) is 18.5 Å². The summed E-state index contributed by atoms with van der Waals surface area (Å²) >= 11 is 0. The summed E-state index contributed by atoms with van der Waals surface area (Å²) in [5.74, 6) is -0.554. The van der Waals surface area contributed by atoms with E-state index in [2.05, 4.69) is 0 Å². The second kappa shape index (κ2) is 7.12. The van der Waals surface area contributed by atoms with Gasteiger partial charge in [0, 0.05) is 18.7 Å². The number of rotatable bonds is 3. The van der Waals surface area contributed by atoms with Crippen LogP contribution < -0.4 is 0 Å². The average molecular weight is 368 g/mol. The van der Waals surface area contributed by atoms with Crippen LogP contribution in [0.1, 0.15) is 34.5 Å². The van der Waals surface area contributed by atoms with Gasteiger partial charge in [0.25, 0.3) is 5.91 Å². The monoisotopic (exact) mass is 368 g/mol. The van der Waals surface area contributed by atoms with E-state index >= 15 is 0 Å². The van der Waals surface area contributed by atoms with E-state index in [9.17, 15) is 14.0 Å². The molecule has 1 fully saturated rings. The number of fused-ring (bicyclic) bond motifs is 1. The minimum absolute atomic E-state index is 0.0354. The van der Waals surface area contributed by atoms with Crippen molar-refractivity contribution >= 4 is 11.8 Å². The van der Waals surface area contributed by atoms with Crippen molar-refractivity contribution in [2.45, 2.75) is 25.6 Å². The van der Waals surface area contributed by atoms with Gasteiger partial charge in [0.15, 0.2) is 0 Å². The highest BCUT2D eigenvalue weighted by Gasteiger charge is 2.35. The number of nitrogens with zero attached hydrogens (tertiary/aromatic N) is 2. The molecule has 2 aliphatic heterocycles. The lowest BCUT2D eigenvalue weighted by Gasteiger charge is -2.40. The fourth-order valence-electron chi connectivity index (χ4n) is 3.89. The number of halogens is 1. The van der Waals surface area contributed by atoms with Gasteiger partial charge in [0.2, 0.25) is 5.91 Å². The highest BCUT2D eigenvalue weighted by molar-refractivity contribution is 6.00. The Balaban J connectivity index is 1.47. The summed E-state index contributed by atoms with van der Waals surface area (Å²) < 4.78 is 19.4. The van der Waals surface area contributed by atoms with Gasteiger partial charge in [-0.1, -0.05) is 30.3 Å². The molecular formula is C21H21FN2O3. The Bertz CT molecular complexity index is 885. The Morgan fingerprint density at radius 3 is 2.81 bits per heavy atom. The van der Waals surface area contributed by atoms with Gasteiger partial charge >= 0.3 is 0 Å². The van der Waals surface area contributed by atoms with E-state index in [0.717, 1.165) is 5.56 Å². The fourth-order valence-corrected chi connectivity index (χ4v) is 3.89. The number of benzene rings is 2. The van der Waals surface area contributed by atoms with E-state index in [4.69, 9.17) is 4.74 Å². The van der Waals surface area contributed by atoms with E-state index in [-0.39, 0.29) is 36.3 Å². The Kier molecular flexibility index (Phi) is 4.66. The molecule has 0 radical (unpaired) electrons. The summed E-state index contributed by atoms with van der Waals surface area (Å²) in [4.78, 5) is 28.7. The number of carbonyl (C=O) groups excluding carboxylic acids is 2. The first-order valence-electron chi connectivity index (χ1n) is 9.08. The third-order valence-corrected chi connectivity index (χ3v) is 5.28. The quantitative estimate of drug-likeness (QED) is 0.837. The third kappa shape index (κ3) is 3.32. The molecule has 2 aliphatic rings. The SMILES string of the molecule is C[C@@H]1[C@@H](c2cccc(F)c2)OCCN1C(=O)CN1Cc2ccccc2C1=O. The molecule has 0 saturated carbocycles. The predicted molar refractivity (Wildman–Crippen MR) is 97.5 cm³/mol. The van der Waals surface area contributed by atoms with Crippen molar-refractivity contribution in [2.24, 2.45) is 0 Å². The van der Waals surface area contributed by atoms with Crippen molar-refractivity contribution in [2.75, 3.05) is 19.7 Å². The molecular weight excluding hydrogens is 347 g/mol. The molecule has 2 aromatic carbocycles. The summed E-state index contributed by atoms with van der Waals surface area (Å²) in [7, 11) is 0. The average Bonchev–Trinajstić information content (AvgIpc) is 2.98. The van der Waals surface area contributed by atoms with Crippen LogP contribution in [0.2, 0.25) is 0 Å². The van der Waals surface area contributed by atoms with Crippen LogP contribution in [0.25, 0.3) is 0 Å². The molecule has 2 heterocycles. The van der Waals surface area contributed by atoms with E-state index in [1.165, 1.54) is 12.1 Å². The van der Waals surface area contributed by atoms with Crippen LogP contribution >= 0.6 is 0 Å². The molecule has 0 spiro atoms. The van der Waals surface area contributed by atoms with Crippen molar-refractivity contribution in [3.63, 3.8) is 0 Å². The topological polar surface area (TPSA) is 49.9 Å². The smallest absolute Gasteiger partial charge is 0.254 e. The summed E-state index contributed by atoms with van der Waals surface area (Å²) in [5.41, 5.74) is 2.32. The van der Waals surface area contributed by atoms with Gasteiger partial charge in [-0.2, -0.15) is 0 Å². The molecule has 2 amide bonds. The zero-order valence-corrected chi connectivity index (χ0v) is 15.1. The first-order valence-corrected chi connectivity index (χ1v) is 9.08. The Morgan fingerprint density at radius 1 is 1.22 bits per heavy atom. The van der Waals surface area contributed by atoms with Gasteiger partial charge in [0.05, 0.1) is 12.6 Å². The van der Waals surface area contributed by atoms with E-state index in [1.54, 1.807) is 28.0 Å². The van der Waals surface area contributed by atoms with Crippen LogP contribution in [0.5, 0.6) is 0 Å². The maximum Gasteiger partial charge on any atom is 0.254 e. The maximum absolute atomic E-state index is 13.6. The standard InChI is InChI=1S/C21H21FN2O3/c1-14-20(15-6-4-7-17(22)11-15)27-10-9-24(14)19(25)13-23-12-16-5-2-3-8-18(16)21(23)26/h2-8,11,14,20H,9-10,12-13H2,1H3/t14-,20+/m1/s1. The summed E-state index contributed by atoms with van der Waals surface area (Å²) in [6, 6.07) is 13.5.